The van der Waals surface area contributed by atoms with Gasteiger partial charge in [-0.25, -0.2) is 4.98 Å². The molecule has 2 aliphatic heterocycles. The van der Waals surface area contributed by atoms with Crippen molar-refractivity contribution in [3.8, 4) is 0 Å². The number of hydrogen-bond acceptors (Lipinski definition) is 4. The summed E-state index contributed by atoms with van der Waals surface area (Å²) < 4.78 is 2.01. The van der Waals surface area contributed by atoms with Gasteiger partial charge >= 0.3 is 0 Å². The summed E-state index contributed by atoms with van der Waals surface area (Å²) >= 11 is 0. The van der Waals surface area contributed by atoms with E-state index in [0.29, 0.717) is 26.1 Å². The second kappa shape index (κ2) is 7.45. The number of nitrogens with one attached hydrogen (secondary N) is 1. The lowest BCUT2D eigenvalue weighted by molar-refractivity contribution is -0.146. The number of amides is 2. The number of aromatic nitrogens is 2. The number of benzene rings is 1. The molecule has 0 bridgehead atoms. The number of rotatable bonds is 4. The molecule has 0 spiro atoms. The molecular weight excluding hydrogens is 330 g/mol. The Bertz CT molecular complexity index is 796. The molecule has 2 saturated heterocycles. The molecule has 1 aromatic heterocycles. The Morgan fingerprint density at radius 2 is 1.96 bits per heavy atom. The number of carbonyl (C=O) groups is 2. The number of likely N-dealkylation sites (tertiary alicyclic amines) is 1. The van der Waals surface area contributed by atoms with E-state index in [-0.39, 0.29) is 17.9 Å². The van der Waals surface area contributed by atoms with Gasteiger partial charge in [-0.1, -0.05) is 12.1 Å². The molecule has 2 aromatic rings. The lowest BCUT2D eigenvalue weighted by Gasteiger charge is -2.37. The normalized spacial score (nSPS) is 20.7. The molecule has 7 heteroatoms. The van der Waals surface area contributed by atoms with Crippen molar-refractivity contribution >= 4 is 22.8 Å². The molecule has 3 heterocycles. The van der Waals surface area contributed by atoms with E-state index in [9.17, 15) is 9.59 Å². The molecule has 0 aliphatic carbocycles. The molecule has 1 N–H and O–H groups in total. The molecule has 0 radical (unpaired) electrons. The van der Waals surface area contributed by atoms with E-state index in [4.69, 9.17) is 0 Å². The molecule has 2 aliphatic rings. The zero-order chi connectivity index (χ0) is 17.9. The van der Waals surface area contributed by atoms with Crippen LogP contribution in [0.4, 0.5) is 0 Å². The van der Waals surface area contributed by atoms with Gasteiger partial charge in [0.1, 0.15) is 6.04 Å². The summed E-state index contributed by atoms with van der Waals surface area (Å²) in [6.45, 7) is 4.09. The van der Waals surface area contributed by atoms with E-state index in [0.717, 1.165) is 43.5 Å². The average Bonchev–Trinajstić information content (AvgIpc) is 3.35. The number of fused-ring (bicyclic) bond motifs is 1. The van der Waals surface area contributed by atoms with Crippen LogP contribution in [-0.2, 0) is 16.1 Å². The summed E-state index contributed by atoms with van der Waals surface area (Å²) in [5.41, 5.74) is 1.97. The highest BCUT2D eigenvalue weighted by atomic mass is 16.2. The number of para-hydroxylation sites is 2. The summed E-state index contributed by atoms with van der Waals surface area (Å²) in [5.74, 6) is 0.137. The second-order valence-electron chi connectivity index (χ2n) is 7.02. The van der Waals surface area contributed by atoms with Crippen molar-refractivity contribution in [2.45, 2.75) is 31.8 Å². The van der Waals surface area contributed by atoms with Crippen LogP contribution in [0, 0.1) is 0 Å². The SMILES string of the molecule is O=C([C@H]1CNCCN1C(=O)CCn1cnc2ccccc21)N1CCCC1. The summed E-state index contributed by atoms with van der Waals surface area (Å²) in [7, 11) is 0. The maximum atomic E-state index is 12.9. The van der Waals surface area contributed by atoms with Gasteiger partial charge in [-0.05, 0) is 25.0 Å². The van der Waals surface area contributed by atoms with Crippen LogP contribution in [0.3, 0.4) is 0 Å². The van der Waals surface area contributed by atoms with Gasteiger partial charge in [0, 0.05) is 45.7 Å². The number of aryl methyl sites for hydroxylation is 1. The largest absolute Gasteiger partial charge is 0.341 e. The molecule has 4 rings (SSSR count). The number of imidazole rings is 1. The van der Waals surface area contributed by atoms with Gasteiger partial charge in [0.25, 0.3) is 0 Å². The molecule has 1 atom stereocenters. The second-order valence-corrected chi connectivity index (χ2v) is 7.02. The highest BCUT2D eigenvalue weighted by Crippen LogP contribution is 2.16. The quantitative estimate of drug-likeness (QED) is 0.883. The van der Waals surface area contributed by atoms with Crippen LogP contribution in [0.5, 0.6) is 0 Å². The van der Waals surface area contributed by atoms with Crippen molar-refractivity contribution in [2.75, 3.05) is 32.7 Å². The van der Waals surface area contributed by atoms with Gasteiger partial charge in [-0.2, -0.15) is 0 Å². The third-order valence-corrected chi connectivity index (χ3v) is 5.36. The van der Waals surface area contributed by atoms with E-state index in [1.165, 1.54) is 0 Å². The van der Waals surface area contributed by atoms with Gasteiger partial charge < -0.3 is 19.7 Å². The first-order valence-electron chi connectivity index (χ1n) is 9.43. The lowest BCUT2D eigenvalue weighted by atomic mass is 10.1. The van der Waals surface area contributed by atoms with E-state index in [2.05, 4.69) is 10.3 Å². The van der Waals surface area contributed by atoms with Crippen molar-refractivity contribution in [3.05, 3.63) is 30.6 Å². The first-order valence-corrected chi connectivity index (χ1v) is 9.43. The standard InChI is InChI=1S/C19H25N5O2/c25-18(7-11-23-14-21-15-5-1-2-6-16(15)23)24-12-8-20-13-17(24)19(26)22-9-3-4-10-22/h1-2,5-6,14,17,20H,3-4,7-13H2/t17-/m1/s1. The lowest BCUT2D eigenvalue weighted by Crippen LogP contribution is -2.60. The van der Waals surface area contributed by atoms with Crippen LogP contribution < -0.4 is 5.32 Å². The monoisotopic (exact) mass is 355 g/mol. The predicted molar refractivity (Wildman–Crippen MR) is 98.5 cm³/mol. The van der Waals surface area contributed by atoms with Crippen molar-refractivity contribution in [1.82, 2.24) is 24.7 Å². The Labute approximate surface area is 153 Å². The van der Waals surface area contributed by atoms with Crippen molar-refractivity contribution < 1.29 is 9.59 Å². The predicted octanol–water partition coefficient (Wildman–Crippen LogP) is 0.849. The highest BCUT2D eigenvalue weighted by molar-refractivity contribution is 5.88. The third kappa shape index (κ3) is 3.31. The Balaban J connectivity index is 1.42. The molecule has 1 aromatic carbocycles. The van der Waals surface area contributed by atoms with Crippen LogP contribution >= 0.6 is 0 Å². The molecule has 0 saturated carbocycles. The first kappa shape index (κ1) is 17.0. The third-order valence-electron chi connectivity index (χ3n) is 5.36. The Morgan fingerprint density at radius 3 is 2.81 bits per heavy atom. The van der Waals surface area contributed by atoms with Gasteiger partial charge in [0.2, 0.25) is 11.8 Å². The fourth-order valence-electron chi connectivity index (χ4n) is 3.92. The van der Waals surface area contributed by atoms with Gasteiger partial charge in [0.05, 0.1) is 17.4 Å². The molecule has 2 fully saturated rings. The van der Waals surface area contributed by atoms with Crippen LogP contribution in [0.1, 0.15) is 19.3 Å². The first-order chi connectivity index (χ1) is 12.7. The molecule has 0 unspecified atom stereocenters. The molecular formula is C19H25N5O2. The number of hydrogen-bond donors (Lipinski definition) is 1. The number of carbonyl (C=O) groups excluding carboxylic acids is 2. The zero-order valence-corrected chi connectivity index (χ0v) is 14.9. The maximum absolute atomic E-state index is 12.9. The minimum absolute atomic E-state index is 0.0434. The summed E-state index contributed by atoms with van der Waals surface area (Å²) in [6.07, 6.45) is 4.29. The van der Waals surface area contributed by atoms with Gasteiger partial charge in [0.15, 0.2) is 0 Å². The fraction of sp³-hybridized carbons (Fsp3) is 0.526. The maximum Gasteiger partial charge on any atom is 0.246 e. The topological polar surface area (TPSA) is 70.5 Å². The smallest absolute Gasteiger partial charge is 0.246 e. The molecule has 138 valence electrons. The van der Waals surface area contributed by atoms with Gasteiger partial charge in [-0.3, -0.25) is 9.59 Å². The van der Waals surface area contributed by atoms with Crippen LogP contribution in [0.25, 0.3) is 11.0 Å². The van der Waals surface area contributed by atoms with E-state index in [1.54, 1.807) is 11.2 Å². The average molecular weight is 355 g/mol. The van der Waals surface area contributed by atoms with E-state index >= 15 is 0 Å². The van der Waals surface area contributed by atoms with Crippen molar-refractivity contribution in [3.63, 3.8) is 0 Å². The Hall–Kier alpha value is -2.41. The van der Waals surface area contributed by atoms with E-state index < -0.39 is 0 Å². The van der Waals surface area contributed by atoms with Crippen molar-refractivity contribution in [1.29, 1.82) is 0 Å². The van der Waals surface area contributed by atoms with Crippen molar-refractivity contribution in [2.24, 2.45) is 0 Å². The number of nitrogens with zero attached hydrogens (tertiary/aromatic N) is 4. The molecule has 26 heavy (non-hydrogen) atoms. The molecule has 7 nitrogen and oxygen atoms in total. The fourth-order valence-corrected chi connectivity index (χ4v) is 3.92. The van der Waals surface area contributed by atoms with E-state index in [1.807, 2.05) is 33.7 Å². The summed E-state index contributed by atoms with van der Waals surface area (Å²) in [5, 5.41) is 3.26. The van der Waals surface area contributed by atoms with Crippen LogP contribution in [0.15, 0.2) is 30.6 Å². The summed E-state index contributed by atoms with van der Waals surface area (Å²) in [4.78, 5) is 33.7. The number of piperazine rings is 1. The molecule has 2 amide bonds. The van der Waals surface area contributed by atoms with Gasteiger partial charge in [-0.15, -0.1) is 0 Å². The van der Waals surface area contributed by atoms with Crippen LogP contribution in [-0.4, -0.2) is 69.9 Å². The minimum Gasteiger partial charge on any atom is -0.341 e. The summed E-state index contributed by atoms with van der Waals surface area (Å²) in [6, 6.07) is 7.55. The highest BCUT2D eigenvalue weighted by Gasteiger charge is 2.35. The van der Waals surface area contributed by atoms with Crippen LogP contribution in [0.2, 0.25) is 0 Å². The zero-order valence-electron chi connectivity index (χ0n) is 14.9. The Morgan fingerprint density at radius 1 is 1.15 bits per heavy atom. The Kier molecular flexibility index (Phi) is 4.88. The minimum atomic E-state index is -0.367.